The van der Waals surface area contributed by atoms with Crippen molar-refractivity contribution in [1.29, 1.82) is 0 Å². The summed E-state index contributed by atoms with van der Waals surface area (Å²) in [6.07, 6.45) is 0.304. The van der Waals surface area contributed by atoms with E-state index >= 15 is 0 Å². The lowest BCUT2D eigenvalue weighted by atomic mass is 10.2. The monoisotopic (exact) mass is 258 g/mol. The Morgan fingerprint density at radius 3 is 2.22 bits per heavy atom. The molecule has 5 heteroatoms. The normalized spacial score (nSPS) is 11.3. The zero-order valence-corrected chi connectivity index (χ0v) is 12.4. The SMILES string of the molecule is CC(=O)N(CCCNC(=O)OC(C)(C)C)C(C)C. The van der Waals surface area contributed by atoms with Crippen molar-refractivity contribution in [1.82, 2.24) is 10.2 Å². The minimum atomic E-state index is -0.479. The lowest BCUT2D eigenvalue weighted by molar-refractivity contribution is -0.130. The molecule has 0 radical (unpaired) electrons. The van der Waals surface area contributed by atoms with E-state index in [4.69, 9.17) is 4.74 Å². The Hall–Kier alpha value is -1.26. The number of rotatable bonds is 5. The maximum Gasteiger partial charge on any atom is 0.407 e. The van der Waals surface area contributed by atoms with Gasteiger partial charge in [0, 0.05) is 26.1 Å². The highest BCUT2D eigenvalue weighted by Crippen LogP contribution is 2.06. The largest absolute Gasteiger partial charge is 0.444 e. The molecular weight excluding hydrogens is 232 g/mol. The molecule has 0 saturated carbocycles. The number of nitrogens with zero attached hydrogens (tertiary/aromatic N) is 1. The van der Waals surface area contributed by atoms with Crippen LogP contribution in [0.3, 0.4) is 0 Å². The maximum absolute atomic E-state index is 11.4. The summed E-state index contributed by atoms with van der Waals surface area (Å²) in [6.45, 7) is 12.1. The molecule has 0 aliphatic rings. The van der Waals surface area contributed by atoms with E-state index in [1.54, 1.807) is 11.8 Å². The molecule has 0 atom stereocenters. The molecular formula is C13H26N2O3. The van der Waals surface area contributed by atoms with E-state index in [0.29, 0.717) is 13.1 Å². The highest BCUT2D eigenvalue weighted by Gasteiger charge is 2.16. The number of amides is 2. The van der Waals surface area contributed by atoms with E-state index in [1.807, 2.05) is 34.6 Å². The molecule has 1 N–H and O–H groups in total. The van der Waals surface area contributed by atoms with Gasteiger partial charge in [-0.25, -0.2) is 4.79 Å². The molecule has 0 aromatic rings. The van der Waals surface area contributed by atoms with Crippen molar-refractivity contribution < 1.29 is 14.3 Å². The van der Waals surface area contributed by atoms with Crippen molar-refractivity contribution in [3.05, 3.63) is 0 Å². The van der Waals surface area contributed by atoms with Crippen molar-refractivity contribution in [2.45, 2.75) is 59.6 Å². The third-order valence-corrected chi connectivity index (χ3v) is 2.27. The molecule has 0 spiro atoms. The van der Waals surface area contributed by atoms with Crippen molar-refractivity contribution >= 4 is 12.0 Å². The summed E-state index contributed by atoms with van der Waals surface area (Å²) in [6, 6.07) is 0.184. The number of alkyl carbamates (subject to hydrolysis) is 1. The Morgan fingerprint density at radius 2 is 1.83 bits per heavy atom. The van der Waals surface area contributed by atoms with Gasteiger partial charge in [-0.2, -0.15) is 0 Å². The van der Waals surface area contributed by atoms with Crippen LogP contribution in [0.25, 0.3) is 0 Å². The minimum absolute atomic E-state index is 0.0577. The number of ether oxygens (including phenoxy) is 1. The number of carbonyl (C=O) groups is 2. The van der Waals surface area contributed by atoms with Gasteiger partial charge in [-0.05, 0) is 41.0 Å². The van der Waals surface area contributed by atoms with E-state index in [2.05, 4.69) is 5.32 Å². The third kappa shape index (κ3) is 7.92. The molecule has 0 bridgehead atoms. The number of carbonyl (C=O) groups excluding carboxylic acids is 2. The van der Waals surface area contributed by atoms with Crippen LogP contribution in [0.4, 0.5) is 4.79 Å². The number of nitrogens with one attached hydrogen (secondary N) is 1. The van der Waals surface area contributed by atoms with Crippen LogP contribution in [-0.2, 0) is 9.53 Å². The van der Waals surface area contributed by atoms with Crippen molar-refractivity contribution in [2.24, 2.45) is 0 Å². The summed E-state index contributed by atoms with van der Waals surface area (Å²) in [5.74, 6) is 0.0577. The van der Waals surface area contributed by atoms with Gasteiger partial charge in [-0.15, -0.1) is 0 Å². The van der Waals surface area contributed by atoms with E-state index in [0.717, 1.165) is 6.42 Å². The van der Waals surface area contributed by atoms with Crippen molar-refractivity contribution in [2.75, 3.05) is 13.1 Å². The van der Waals surface area contributed by atoms with Crippen molar-refractivity contribution in [3.63, 3.8) is 0 Å². The molecule has 0 aliphatic carbocycles. The highest BCUT2D eigenvalue weighted by atomic mass is 16.6. The van der Waals surface area contributed by atoms with Crippen LogP contribution < -0.4 is 5.32 Å². The third-order valence-electron chi connectivity index (χ3n) is 2.27. The van der Waals surface area contributed by atoms with Crippen LogP contribution in [0, 0.1) is 0 Å². The van der Waals surface area contributed by atoms with E-state index in [-0.39, 0.29) is 11.9 Å². The van der Waals surface area contributed by atoms with Crippen LogP contribution in [-0.4, -0.2) is 41.6 Å². The molecule has 0 aliphatic heterocycles. The highest BCUT2D eigenvalue weighted by molar-refractivity contribution is 5.73. The average Bonchev–Trinajstić information content (AvgIpc) is 2.12. The predicted octanol–water partition coefficient (Wildman–Crippen LogP) is 2.16. The lowest BCUT2D eigenvalue weighted by Gasteiger charge is -2.25. The summed E-state index contributed by atoms with van der Waals surface area (Å²) >= 11 is 0. The molecule has 2 amide bonds. The average molecular weight is 258 g/mol. The predicted molar refractivity (Wildman–Crippen MR) is 71.4 cm³/mol. The Labute approximate surface area is 110 Å². The fraction of sp³-hybridized carbons (Fsp3) is 0.846. The smallest absolute Gasteiger partial charge is 0.407 e. The zero-order valence-electron chi connectivity index (χ0n) is 12.4. The summed E-state index contributed by atoms with van der Waals surface area (Å²) in [5.41, 5.74) is -0.479. The standard InChI is InChI=1S/C13H26N2O3/c1-10(2)15(11(3)16)9-7-8-14-12(17)18-13(4,5)6/h10H,7-9H2,1-6H3,(H,14,17). The first kappa shape index (κ1) is 16.7. The summed E-state index contributed by atoms with van der Waals surface area (Å²) < 4.78 is 5.11. The Bertz CT molecular complexity index is 282. The van der Waals surface area contributed by atoms with Crippen LogP contribution in [0.15, 0.2) is 0 Å². The van der Waals surface area contributed by atoms with Crippen LogP contribution >= 0.6 is 0 Å². The van der Waals surface area contributed by atoms with Gasteiger partial charge in [0.05, 0.1) is 0 Å². The quantitative estimate of drug-likeness (QED) is 0.769. The van der Waals surface area contributed by atoms with Gasteiger partial charge in [0.1, 0.15) is 5.60 Å². The van der Waals surface area contributed by atoms with Gasteiger partial charge >= 0.3 is 6.09 Å². The molecule has 0 unspecified atom stereocenters. The fourth-order valence-electron chi connectivity index (χ4n) is 1.53. The van der Waals surface area contributed by atoms with E-state index < -0.39 is 11.7 Å². The van der Waals surface area contributed by atoms with Gasteiger partial charge in [0.25, 0.3) is 0 Å². The van der Waals surface area contributed by atoms with Gasteiger partial charge in [0.15, 0.2) is 0 Å². The molecule has 0 rings (SSSR count). The molecule has 0 aromatic heterocycles. The van der Waals surface area contributed by atoms with Gasteiger partial charge in [0.2, 0.25) is 5.91 Å². The number of hydrogen-bond acceptors (Lipinski definition) is 3. The fourth-order valence-corrected chi connectivity index (χ4v) is 1.53. The Kier molecular flexibility index (Phi) is 6.73. The molecule has 0 aromatic carbocycles. The van der Waals surface area contributed by atoms with Crippen LogP contribution in [0.2, 0.25) is 0 Å². The second-order valence-electron chi connectivity index (χ2n) is 5.59. The Balaban J connectivity index is 3.85. The molecule has 18 heavy (non-hydrogen) atoms. The second-order valence-corrected chi connectivity index (χ2v) is 5.59. The first-order valence-electron chi connectivity index (χ1n) is 6.37. The second kappa shape index (κ2) is 7.24. The summed E-state index contributed by atoms with van der Waals surface area (Å²) in [7, 11) is 0. The Morgan fingerprint density at radius 1 is 1.28 bits per heavy atom. The number of hydrogen-bond donors (Lipinski definition) is 1. The molecule has 0 heterocycles. The first-order valence-corrected chi connectivity index (χ1v) is 6.37. The van der Waals surface area contributed by atoms with Crippen LogP contribution in [0.5, 0.6) is 0 Å². The summed E-state index contributed by atoms with van der Waals surface area (Å²) in [4.78, 5) is 24.4. The maximum atomic E-state index is 11.4. The van der Waals surface area contributed by atoms with Gasteiger partial charge in [-0.3, -0.25) is 4.79 Å². The van der Waals surface area contributed by atoms with Crippen molar-refractivity contribution in [3.8, 4) is 0 Å². The summed E-state index contributed by atoms with van der Waals surface area (Å²) in [5, 5.41) is 2.67. The van der Waals surface area contributed by atoms with E-state index in [1.165, 1.54) is 0 Å². The topological polar surface area (TPSA) is 58.6 Å². The first-order chi connectivity index (χ1) is 8.13. The van der Waals surface area contributed by atoms with Gasteiger partial charge < -0.3 is 15.0 Å². The van der Waals surface area contributed by atoms with Gasteiger partial charge in [-0.1, -0.05) is 0 Å². The molecule has 5 nitrogen and oxygen atoms in total. The zero-order chi connectivity index (χ0) is 14.3. The lowest BCUT2D eigenvalue weighted by Crippen LogP contribution is -2.38. The van der Waals surface area contributed by atoms with Crippen LogP contribution in [0.1, 0.15) is 48.0 Å². The molecule has 106 valence electrons. The van der Waals surface area contributed by atoms with E-state index in [9.17, 15) is 9.59 Å². The molecule has 0 fully saturated rings. The molecule has 0 saturated heterocycles. The minimum Gasteiger partial charge on any atom is -0.444 e.